The lowest BCUT2D eigenvalue weighted by molar-refractivity contribution is 0.0871. The Morgan fingerprint density at radius 1 is 1.37 bits per heavy atom. The van der Waals surface area contributed by atoms with Gasteiger partial charge in [0.25, 0.3) is 0 Å². The van der Waals surface area contributed by atoms with E-state index in [0.717, 1.165) is 32.0 Å². The van der Waals surface area contributed by atoms with E-state index in [-0.39, 0.29) is 5.91 Å². The van der Waals surface area contributed by atoms with Gasteiger partial charge in [0.1, 0.15) is 0 Å². The second-order valence-corrected chi connectivity index (χ2v) is 8.58. The number of rotatable bonds is 10. The Balaban J connectivity index is 1.81. The number of benzene rings is 1. The van der Waals surface area contributed by atoms with Crippen molar-refractivity contribution < 1.29 is 9.53 Å². The first-order chi connectivity index (χ1) is 13.1. The Morgan fingerprint density at radius 3 is 2.96 bits per heavy atom. The molecule has 0 aromatic heterocycles. The van der Waals surface area contributed by atoms with Crippen LogP contribution in [0.3, 0.4) is 0 Å². The number of primary amides is 1. The van der Waals surface area contributed by atoms with Gasteiger partial charge in [-0.25, -0.2) is 0 Å². The summed E-state index contributed by atoms with van der Waals surface area (Å²) in [5, 5.41) is 3.74. The van der Waals surface area contributed by atoms with Gasteiger partial charge in [0.15, 0.2) is 0 Å². The summed E-state index contributed by atoms with van der Waals surface area (Å²) in [6.45, 7) is 5.42. The van der Waals surface area contributed by atoms with E-state index in [1.165, 1.54) is 44.1 Å². The van der Waals surface area contributed by atoms with Gasteiger partial charge in [0.2, 0.25) is 5.91 Å². The number of nitrogens with one attached hydrogen (secondary N) is 1. The lowest BCUT2D eigenvalue weighted by Gasteiger charge is -2.47. The smallest absolute Gasteiger partial charge is 0.248 e. The lowest BCUT2D eigenvalue weighted by Crippen LogP contribution is -2.49. The standard InChI is InChI=1S/C23H36N2O2/c1-3-20(10-5-4-6-13-27-2)23-12-11-19(15-25-16-23)21(23)17-8-7-9-18(14-17)22(24)26/h7-9,14,19-21,25H,3-6,10-13,15-16H2,1-2H3,(H2,24,26). The van der Waals surface area contributed by atoms with Crippen molar-refractivity contribution in [1.29, 1.82) is 0 Å². The molecule has 1 aliphatic carbocycles. The van der Waals surface area contributed by atoms with E-state index in [2.05, 4.69) is 24.4 Å². The summed E-state index contributed by atoms with van der Waals surface area (Å²) in [5.41, 5.74) is 7.85. The van der Waals surface area contributed by atoms with Crippen molar-refractivity contribution >= 4 is 5.91 Å². The lowest BCUT2D eigenvalue weighted by atomic mass is 9.61. The molecule has 2 fully saturated rings. The number of ether oxygens (including phenoxy) is 1. The van der Waals surface area contributed by atoms with E-state index in [0.29, 0.717) is 22.8 Å². The normalized spacial score (nSPS) is 28.2. The van der Waals surface area contributed by atoms with Gasteiger partial charge in [-0.05, 0) is 73.1 Å². The minimum atomic E-state index is -0.322. The SMILES string of the molecule is CCC(CCCCCOC)C12CCC(CNC1)C2c1cccc(C(N)=O)c1. The number of nitrogens with two attached hydrogens (primary N) is 1. The van der Waals surface area contributed by atoms with Crippen molar-refractivity contribution in [1.82, 2.24) is 5.32 Å². The molecule has 1 aromatic carbocycles. The molecule has 4 unspecified atom stereocenters. The number of amides is 1. The zero-order valence-electron chi connectivity index (χ0n) is 17.0. The molecule has 1 heterocycles. The van der Waals surface area contributed by atoms with Gasteiger partial charge in [-0.2, -0.15) is 0 Å². The predicted octanol–water partition coefficient (Wildman–Crippen LogP) is 4.10. The first-order valence-electron chi connectivity index (χ1n) is 10.7. The topological polar surface area (TPSA) is 64.3 Å². The van der Waals surface area contributed by atoms with Gasteiger partial charge in [0.05, 0.1) is 0 Å². The Bertz CT molecular complexity index is 629. The van der Waals surface area contributed by atoms with E-state index in [9.17, 15) is 4.79 Å². The molecule has 2 aliphatic rings. The third-order valence-electron chi connectivity index (χ3n) is 7.17. The average Bonchev–Trinajstić information content (AvgIpc) is 2.91. The van der Waals surface area contributed by atoms with Crippen molar-refractivity contribution in [2.24, 2.45) is 23.0 Å². The van der Waals surface area contributed by atoms with Gasteiger partial charge in [-0.15, -0.1) is 0 Å². The summed E-state index contributed by atoms with van der Waals surface area (Å²) in [6.07, 6.45) is 8.79. The van der Waals surface area contributed by atoms with Crippen molar-refractivity contribution in [3.63, 3.8) is 0 Å². The molecule has 1 aromatic rings. The summed E-state index contributed by atoms with van der Waals surface area (Å²) in [4.78, 5) is 11.7. The monoisotopic (exact) mass is 372 g/mol. The van der Waals surface area contributed by atoms with Crippen molar-refractivity contribution in [3.8, 4) is 0 Å². The highest BCUT2D eigenvalue weighted by Crippen LogP contribution is 2.59. The highest BCUT2D eigenvalue weighted by Gasteiger charge is 2.54. The minimum absolute atomic E-state index is 0.315. The van der Waals surface area contributed by atoms with E-state index in [4.69, 9.17) is 10.5 Å². The maximum Gasteiger partial charge on any atom is 0.248 e. The van der Waals surface area contributed by atoms with Crippen LogP contribution in [0.15, 0.2) is 24.3 Å². The average molecular weight is 373 g/mol. The van der Waals surface area contributed by atoms with Crippen LogP contribution in [0.5, 0.6) is 0 Å². The third-order valence-corrected chi connectivity index (χ3v) is 7.17. The third kappa shape index (κ3) is 4.22. The van der Waals surface area contributed by atoms with E-state index in [1.54, 1.807) is 7.11 Å². The fourth-order valence-electron chi connectivity index (χ4n) is 5.96. The Morgan fingerprint density at radius 2 is 2.22 bits per heavy atom. The summed E-state index contributed by atoms with van der Waals surface area (Å²) < 4.78 is 5.20. The second kappa shape index (κ2) is 9.20. The second-order valence-electron chi connectivity index (χ2n) is 8.58. The van der Waals surface area contributed by atoms with Crippen LogP contribution in [-0.4, -0.2) is 32.7 Å². The molecular formula is C23H36N2O2. The van der Waals surface area contributed by atoms with Crippen LogP contribution in [0.4, 0.5) is 0 Å². The molecule has 27 heavy (non-hydrogen) atoms. The van der Waals surface area contributed by atoms with Crippen LogP contribution in [0.25, 0.3) is 0 Å². The molecule has 1 amide bonds. The molecule has 3 N–H and O–H groups in total. The Labute approximate surface area is 164 Å². The zero-order chi connectivity index (χ0) is 19.3. The Kier molecular flexibility index (Phi) is 6.93. The molecule has 150 valence electrons. The van der Waals surface area contributed by atoms with Crippen LogP contribution in [-0.2, 0) is 4.74 Å². The number of piperidine rings is 1. The summed E-state index contributed by atoms with van der Waals surface area (Å²) in [6, 6.07) is 8.14. The molecule has 0 radical (unpaired) electrons. The summed E-state index contributed by atoms with van der Waals surface area (Å²) >= 11 is 0. The highest BCUT2D eigenvalue weighted by atomic mass is 16.5. The first-order valence-corrected chi connectivity index (χ1v) is 10.7. The number of unbranched alkanes of at least 4 members (excludes halogenated alkanes) is 2. The molecule has 2 bridgehead atoms. The number of methoxy groups -OCH3 is 1. The van der Waals surface area contributed by atoms with Gasteiger partial charge >= 0.3 is 0 Å². The van der Waals surface area contributed by atoms with Crippen LogP contribution < -0.4 is 11.1 Å². The number of fused-ring (bicyclic) bond motifs is 2. The molecule has 0 spiro atoms. The summed E-state index contributed by atoms with van der Waals surface area (Å²) in [7, 11) is 1.78. The van der Waals surface area contributed by atoms with Crippen LogP contribution in [0, 0.1) is 17.3 Å². The first kappa shape index (κ1) is 20.3. The van der Waals surface area contributed by atoms with Gasteiger partial charge in [-0.1, -0.05) is 38.3 Å². The fourth-order valence-corrected chi connectivity index (χ4v) is 5.96. The maximum absolute atomic E-state index is 11.7. The van der Waals surface area contributed by atoms with Crippen LogP contribution in [0.2, 0.25) is 0 Å². The largest absolute Gasteiger partial charge is 0.385 e. The van der Waals surface area contributed by atoms with E-state index < -0.39 is 0 Å². The molecular weight excluding hydrogens is 336 g/mol. The summed E-state index contributed by atoms with van der Waals surface area (Å²) in [5.74, 6) is 1.61. The van der Waals surface area contributed by atoms with Crippen molar-refractivity contribution in [2.45, 2.75) is 57.8 Å². The quantitative estimate of drug-likeness (QED) is 0.608. The predicted molar refractivity (Wildman–Crippen MR) is 110 cm³/mol. The van der Waals surface area contributed by atoms with Gasteiger partial charge in [-0.3, -0.25) is 4.79 Å². The molecule has 1 saturated heterocycles. The number of carbonyl (C=O) groups excluding carboxylic acids is 1. The zero-order valence-corrected chi connectivity index (χ0v) is 17.0. The van der Waals surface area contributed by atoms with Crippen LogP contribution in [0.1, 0.15) is 73.7 Å². The molecule has 4 nitrogen and oxygen atoms in total. The van der Waals surface area contributed by atoms with Crippen molar-refractivity contribution in [3.05, 3.63) is 35.4 Å². The van der Waals surface area contributed by atoms with E-state index >= 15 is 0 Å². The fraction of sp³-hybridized carbons (Fsp3) is 0.696. The number of hydrogen-bond donors (Lipinski definition) is 2. The maximum atomic E-state index is 11.7. The van der Waals surface area contributed by atoms with Crippen molar-refractivity contribution in [2.75, 3.05) is 26.8 Å². The van der Waals surface area contributed by atoms with Gasteiger partial charge in [0, 0.05) is 25.8 Å². The number of carbonyl (C=O) groups is 1. The minimum Gasteiger partial charge on any atom is -0.385 e. The highest BCUT2D eigenvalue weighted by molar-refractivity contribution is 5.92. The molecule has 1 aliphatic heterocycles. The van der Waals surface area contributed by atoms with Gasteiger partial charge < -0.3 is 15.8 Å². The van der Waals surface area contributed by atoms with E-state index in [1.807, 2.05) is 12.1 Å². The molecule has 1 saturated carbocycles. The number of hydrogen-bond acceptors (Lipinski definition) is 3. The molecule has 4 atom stereocenters. The molecule has 3 rings (SSSR count). The van der Waals surface area contributed by atoms with Crippen LogP contribution >= 0.6 is 0 Å². The molecule has 4 heteroatoms. The Hall–Kier alpha value is -1.39.